The van der Waals surface area contributed by atoms with Crippen molar-refractivity contribution in [2.75, 3.05) is 41.0 Å². The zero-order valence-corrected chi connectivity index (χ0v) is 14.2. The molecule has 0 aromatic heterocycles. The molecule has 1 aliphatic heterocycles. The standard InChI is InChI=1S/C17H27N3O3/c1-20(2)15(13-5-4-6-14(11-13)22-3)12-19-16(21)17(18)7-9-23-10-8-17/h4-6,11,15H,7-10,12,18H2,1-3H3,(H,19,21). The highest BCUT2D eigenvalue weighted by Crippen LogP contribution is 2.23. The molecule has 6 heteroatoms. The summed E-state index contributed by atoms with van der Waals surface area (Å²) in [6.07, 6.45) is 1.12. The summed E-state index contributed by atoms with van der Waals surface area (Å²) >= 11 is 0. The van der Waals surface area contributed by atoms with E-state index in [1.165, 1.54) is 0 Å². The van der Waals surface area contributed by atoms with E-state index in [1.54, 1.807) is 7.11 Å². The van der Waals surface area contributed by atoms with Crippen molar-refractivity contribution in [1.82, 2.24) is 10.2 Å². The second-order valence-corrected chi connectivity index (χ2v) is 6.23. The van der Waals surface area contributed by atoms with Gasteiger partial charge in [-0.15, -0.1) is 0 Å². The quantitative estimate of drug-likeness (QED) is 0.815. The highest BCUT2D eigenvalue weighted by molar-refractivity contribution is 5.86. The van der Waals surface area contributed by atoms with Crippen LogP contribution < -0.4 is 15.8 Å². The molecule has 6 nitrogen and oxygen atoms in total. The average Bonchev–Trinajstić information content (AvgIpc) is 2.55. The fourth-order valence-corrected chi connectivity index (χ4v) is 2.78. The molecule has 0 bridgehead atoms. The molecule has 0 radical (unpaired) electrons. The number of hydrogen-bond acceptors (Lipinski definition) is 5. The van der Waals surface area contributed by atoms with Crippen molar-refractivity contribution >= 4 is 5.91 Å². The Balaban J connectivity index is 2.03. The average molecular weight is 321 g/mol. The topological polar surface area (TPSA) is 76.8 Å². The lowest BCUT2D eigenvalue weighted by Crippen LogP contribution is -2.57. The molecule has 3 N–H and O–H groups in total. The molecule has 1 fully saturated rings. The van der Waals surface area contributed by atoms with Gasteiger partial charge in [-0.05, 0) is 44.6 Å². The van der Waals surface area contributed by atoms with E-state index in [9.17, 15) is 4.79 Å². The van der Waals surface area contributed by atoms with Gasteiger partial charge in [0.2, 0.25) is 5.91 Å². The molecule has 1 aromatic carbocycles. The molecule has 1 amide bonds. The summed E-state index contributed by atoms with van der Waals surface area (Å²) in [5.74, 6) is 0.705. The van der Waals surface area contributed by atoms with Gasteiger partial charge in [0.15, 0.2) is 0 Å². The monoisotopic (exact) mass is 321 g/mol. The molecule has 1 aliphatic rings. The summed E-state index contributed by atoms with van der Waals surface area (Å²) in [5, 5.41) is 3.01. The lowest BCUT2D eigenvalue weighted by atomic mass is 9.90. The minimum Gasteiger partial charge on any atom is -0.497 e. The molecule has 23 heavy (non-hydrogen) atoms. The van der Waals surface area contributed by atoms with Crippen LogP contribution >= 0.6 is 0 Å². The third kappa shape index (κ3) is 4.43. The number of likely N-dealkylation sites (N-methyl/N-ethyl adjacent to an activating group) is 1. The highest BCUT2D eigenvalue weighted by Gasteiger charge is 2.36. The number of hydrogen-bond donors (Lipinski definition) is 2. The number of nitrogens with two attached hydrogens (primary N) is 1. The van der Waals surface area contributed by atoms with Crippen LogP contribution in [0.1, 0.15) is 24.4 Å². The van der Waals surface area contributed by atoms with E-state index in [1.807, 2.05) is 38.4 Å². The van der Waals surface area contributed by atoms with Gasteiger partial charge < -0.3 is 25.4 Å². The van der Waals surface area contributed by atoms with Crippen LogP contribution in [0.25, 0.3) is 0 Å². The van der Waals surface area contributed by atoms with Crippen molar-refractivity contribution in [2.24, 2.45) is 5.73 Å². The molecule has 0 saturated carbocycles. The molecular formula is C17H27N3O3. The van der Waals surface area contributed by atoms with Gasteiger partial charge in [-0.25, -0.2) is 0 Å². The van der Waals surface area contributed by atoms with Gasteiger partial charge in [-0.1, -0.05) is 12.1 Å². The number of benzene rings is 1. The number of carbonyl (C=O) groups is 1. The Morgan fingerprint density at radius 3 is 2.74 bits per heavy atom. The summed E-state index contributed by atoms with van der Waals surface area (Å²) in [5.41, 5.74) is 6.50. The first-order valence-electron chi connectivity index (χ1n) is 7.91. The summed E-state index contributed by atoms with van der Waals surface area (Å²) in [7, 11) is 5.63. The van der Waals surface area contributed by atoms with Crippen molar-refractivity contribution in [3.63, 3.8) is 0 Å². The van der Waals surface area contributed by atoms with Gasteiger partial charge in [-0.2, -0.15) is 0 Å². The number of nitrogens with zero attached hydrogens (tertiary/aromatic N) is 1. The Kier molecular flexibility index (Phi) is 5.98. The van der Waals surface area contributed by atoms with Gasteiger partial charge >= 0.3 is 0 Å². The highest BCUT2D eigenvalue weighted by atomic mass is 16.5. The Morgan fingerprint density at radius 1 is 1.43 bits per heavy atom. The molecular weight excluding hydrogens is 294 g/mol. The Labute approximate surface area is 137 Å². The third-order valence-electron chi connectivity index (χ3n) is 4.40. The van der Waals surface area contributed by atoms with E-state index in [2.05, 4.69) is 10.2 Å². The fourth-order valence-electron chi connectivity index (χ4n) is 2.78. The molecule has 1 heterocycles. The van der Waals surface area contributed by atoms with E-state index in [4.69, 9.17) is 15.2 Å². The van der Waals surface area contributed by atoms with E-state index in [-0.39, 0.29) is 11.9 Å². The first kappa shape index (κ1) is 17.7. The summed E-state index contributed by atoms with van der Waals surface area (Å²) in [6, 6.07) is 7.94. The van der Waals surface area contributed by atoms with Crippen LogP contribution in [0, 0.1) is 0 Å². The van der Waals surface area contributed by atoms with Crippen LogP contribution in [0.4, 0.5) is 0 Å². The molecule has 1 unspecified atom stereocenters. The fraction of sp³-hybridized carbons (Fsp3) is 0.588. The van der Waals surface area contributed by atoms with Crippen molar-refractivity contribution in [3.8, 4) is 5.75 Å². The lowest BCUT2D eigenvalue weighted by molar-refractivity contribution is -0.130. The first-order valence-corrected chi connectivity index (χ1v) is 7.91. The zero-order valence-electron chi connectivity index (χ0n) is 14.2. The van der Waals surface area contributed by atoms with Crippen molar-refractivity contribution in [2.45, 2.75) is 24.4 Å². The summed E-state index contributed by atoms with van der Waals surface area (Å²) < 4.78 is 10.6. The number of nitrogens with one attached hydrogen (secondary N) is 1. The molecule has 0 spiro atoms. The van der Waals surface area contributed by atoms with E-state index in [0.717, 1.165) is 11.3 Å². The first-order chi connectivity index (χ1) is 11.0. The van der Waals surface area contributed by atoms with Gasteiger partial charge in [0.1, 0.15) is 5.75 Å². The second-order valence-electron chi connectivity index (χ2n) is 6.23. The SMILES string of the molecule is COc1cccc(C(CNC(=O)C2(N)CCOCC2)N(C)C)c1. The molecule has 0 aliphatic carbocycles. The Morgan fingerprint density at radius 2 is 2.13 bits per heavy atom. The molecule has 2 rings (SSSR count). The normalized spacial score (nSPS) is 18.5. The lowest BCUT2D eigenvalue weighted by Gasteiger charge is -2.33. The third-order valence-corrected chi connectivity index (χ3v) is 4.40. The van der Waals surface area contributed by atoms with E-state index in [0.29, 0.717) is 32.6 Å². The van der Waals surface area contributed by atoms with E-state index < -0.39 is 5.54 Å². The van der Waals surface area contributed by atoms with Gasteiger partial charge in [0.25, 0.3) is 0 Å². The largest absolute Gasteiger partial charge is 0.497 e. The zero-order chi connectivity index (χ0) is 16.9. The minimum atomic E-state index is -0.816. The number of ether oxygens (including phenoxy) is 2. The maximum atomic E-state index is 12.5. The van der Waals surface area contributed by atoms with Crippen molar-refractivity contribution in [1.29, 1.82) is 0 Å². The van der Waals surface area contributed by atoms with Gasteiger partial charge in [0, 0.05) is 19.8 Å². The van der Waals surface area contributed by atoms with Crippen LogP contribution in [0.2, 0.25) is 0 Å². The number of rotatable bonds is 6. The van der Waals surface area contributed by atoms with Crippen LogP contribution in [0.5, 0.6) is 5.75 Å². The van der Waals surface area contributed by atoms with Gasteiger partial charge in [0.05, 0.1) is 18.7 Å². The van der Waals surface area contributed by atoms with Crippen molar-refractivity contribution in [3.05, 3.63) is 29.8 Å². The van der Waals surface area contributed by atoms with Gasteiger partial charge in [-0.3, -0.25) is 4.79 Å². The molecule has 1 atom stereocenters. The number of methoxy groups -OCH3 is 1. The molecule has 1 saturated heterocycles. The predicted octanol–water partition coefficient (Wildman–Crippen LogP) is 0.922. The number of carbonyl (C=O) groups excluding carboxylic acids is 1. The number of amides is 1. The van der Waals surface area contributed by atoms with E-state index >= 15 is 0 Å². The minimum absolute atomic E-state index is 0.0532. The molecule has 128 valence electrons. The second kappa shape index (κ2) is 7.77. The molecule has 1 aromatic rings. The van der Waals surface area contributed by atoms with Crippen LogP contribution in [-0.4, -0.2) is 57.3 Å². The Hall–Kier alpha value is -1.63. The van der Waals surface area contributed by atoms with Crippen LogP contribution in [-0.2, 0) is 9.53 Å². The van der Waals surface area contributed by atoms with Crippen molar-refractivity contribution < 1.29 is 14.3 Å². The van der Waals surface area contributed by atoms with Crippen LogP contribution in [0.3, 0.4) is 0 Å². The maximum Gasteiger partial charge on any atom is 0.240 e. The summed E-state index contributed by atoms with van der Waals surface area (Å²) in [6.45, 7) is 1.58. The predicted molar refractivity (Wildman–Crippen MR) is 89.4 cm³/mol. The smallest absolute Gasteiger partial charge is 0.240 e. The Bertz CT molecular complexity index is 528. The summed E-state index contributed by atoms with van der Waals surface area (Å²) in [4.78, 5) is 14.5. The van der Waals surface area contributed by atoms with Crippen LogP contribution in [0.15, 0.2) is 24.3 Å². The maximum absolute atomic E-state index is 12.5.